The van der Waals surface area contributed by atoms with Crippen molar-refractivity contribution in [1.82, 2.24) is 0 Å². The second kappa shape index (κ2) is 3.50. The number of fused-ring (bicyclic) bond motifs is 1. The van der Waals surface area contributed by atoms with Crippen LogP contribution in [0.4, 0.5) is 0 Å². The van der Waals surface area contributed by atoms with Crippen LogP contribution >= 0.6 is 11.6 Å². The van der Waals surface area contributed by atoms with E-state index in [4.69, 9.17) is 21.5 Å². The predicted molar refractivity (Wildman–Crippen MR) is 54.6 cm³/mol. The van der Waals surface area contributed by atoms with Crippen LogP contribution in [0.1, 0.15) is 17.5 Å². The molecule has 1 aromatic rings. The van der Waals surface area contributed by atoms with Gasteiger partial charge in [-0.15, -0.1) is 0 Å². The molecule has 0 bridgehead atoms. The molecule has 1 N–H and O–H groups in total. The second-order valence-electron chi connectivity index (χ2n) is 3.24. The molecule has 74 valence electrons. The maximum atomic E-state index is 8.81. The van der Waals surface area contributed by atoms with Crippen LogP contribution in [-0.4, -0.2) is 17.5 Å². The van der Waals surface area contributed by atoms with Gasteiger partial charge >= 0.3 is 0 Å². The highest BCUT2D eigenvalue weighted by atomic mass is 35.5. The molecular weight excluding hydrogens is 202 g/mol. The standard InChI is InChI=1S/C10H10ClNO2/c1-6-4-7(11)5-8-9(12-13)2-3-14-10(6)8/h4-5,13H,2-3H2,1H3/b12-9+. The highest BCUT2D eigenvalue weighted by Gasteiger charge is 2.19. The predicted octanol–water partition coefficient (Wildman–Crippen LogP) is 2.61. The van der Waals surface area contributed by atoms with Gasteiger partial charge in [-0.1, -0.05) is 16.8 Å². The van der Waals surface area contributed by atoms with E-state index in [0.717, 1.165) is 16.9 Å². The highest BCUT2D eigenvalue weighted by Crippen LogP contribution is 2.31. The van der Waals surface area contributed by atoms with Crippen molar-refractivity contribution in [3.05, 3.63) is 28.3 Å². The lowest BCUT2D eigenvalue weighted by molar-refractivity contribution is 0.297. The first-order valence-corrected chi connectivity index (χ1v) is 4.74. The second-order valence-corrected chi connectivity index (χ2v) is 3.68. The van der Waals surface area contributed by atoms with Gasteiger partial charge < -0.3 is 9.94 Å². The lowest BCUT2D eigenvalue weighted by Gasteiger charge is -2.20. The minimum absolute atomic E-state index is 0.550. The Kier molecular flexibility index (Phi) is 2.33. The van der Waals surface area contributed by atoms with Crippen molar-refractivity contribution in [2.45, 2.75) is 13.3 Å². The Labute approximate surface area is 86.9 Å². The Morgan fingerprint density at radius 2 is 2.29 bits per heavy atom. The zero-order valence-electron chi connectivity index (χ0n) is 7.75. The van der Waals surface area contributed by atoms with Gasteiger partial charge in [0, 0.05) is 17.0 Å². The fraction of sp³-hybridized carbons (Fsp3) is 0.300. The molecule has 14 heavy (non-hydrogen) atoms. The Balaban J connectivity index is 2.62. The average Bonchev–Trinajstić information content (AvgIpc) is 2.17. The molecule has 2 rings (SSSR count). The summed E-state index contributed by atoms with van der Waals surface area (Å²) in [5.74, 6) is 0.772. The van der Waals surface area contributed by atoms with E-state index >= 15 is 0 Å². The number of oxime groups is 1. The number of hydrogen-bond donors (Lipinski definition) is 1. The molecule has 0 saturated heterocycles. The monoisotopic (exact) mass is 211 g/mol. The molecule has 1 heterocycles. The first kappa shape index (κ1) is 9.34. The lowest BCUT2D eigenvalue weighted by atomic mass is 10.0. The van der Waals surface area contributed by atoms with E-state index in [-0.39, 0.29) is 0 Å². The number of benzene rings is 1. The summed E-state index contributed by atoms with van der Waals surface area (Å²) in [5.41, 5.74) is 2.40. The van der Waals surface area contributed by atoms with Gasteiger partial charge in [0.25, 0.3) is 0 Å². The normalized spacial score (nSPS) is 17.7. The highest BCUT2D eigenvalue weighted by molar-refractivity contribution is 6.31. The third kappa shape index (κ3) is 1.44. The molecule has 0 spiro atoms. The van der Waals surface area contributed by atoms with Gasteiger partial charge in [0.2, 0.25) is 0 Å². The van der Waals surface area contributed by atoms with Gasteiger partial charge in [-0.25, -0.2) is 0 Å². The topological polar surface area (TPSA) is 41.8 Å². The molecule has 0 saturated carbocycles. The van der Waals surface area contributed by atoms with Crippen molar-refractivity contribution >= 4 is 17.3 Å². The Bertz CT molecular complexity index is 401. The van der Waals surface area contributed by atoms with Gasteiger partial charge in [-0.05, 0) is 24.6 Å². The number of ether oxygens (including phenoxy) is 1. The fourth-order valence-corrected chi connectivity index (χ4v) is 1.90. The van der Waals surface area contributed by atoms with Crippen molar-refractivity contribution in [2.75, 3.05) is 6.61 Å². The summed E-state index contributed by atoms with van der Waals surface area (Å²) >= 11 is 5.91. The number of nitrogens with zero attached hydrogens (tertiary/aromatic N) is 1. The van der Waals surface area contributed by atoms with Crippen molar-refractivity contribution in [3.63, 3.8) is 0 Å². The van der Waals surface area contributed by atoms with Gasteiger partial charge in [-0.2, -0.15) is 0 Å². The summed E-state index contributed by atoms with van der Waals surface area (Å²) in [7, 11) is 0. The van der Waals surface area contributed by atoms with E-state index in [9.17, 15) is 0 Å². The van der Waals surface area contributed by atoms with E-state index in [0.29, 0.717) is 23.8 Å². The largest absolute Gasteiger partial charge is 0.492 e. The van der Waals surface area contributed by atoms with Crippen LogP contribution in [0.3, 0.4) is 0 Å². The first-order valence-electron chi connectivity index (χ1n) is 4.36. The van der Waals surface area contributed by atoms with Crippen LogP contribution < -0.4 is 4.74 Å². The minimum atomic E-state index is 0.550. The molecule has 0 aliphatic carbocycles. The van der Waals surface area contributed by atoms with Crippen molar-refractivity contribution in [3.8, 4) is 5.75 Å². The Morgan fingerprint density at radius 3 is 3.00 bits per heavy atom. The zero-order chi connectivity index (χ0) is 10.1. The van der Waals surface area contributed by atoms with Gasteiger partial charge in [0.15, 0.2) is 0 Å². The van der Waals surface area contributed by atoms with Crippen molar-refractivity contribution in [2.24, 2.45) is 5.16 Å². The third-order valence-corrected chi connectivity index (χ3v) is 2.47. The molecule has 0 atom stereocenters. The van der Waals surface area contributed by atoms with Gasteiger partial charge in [0.1, 0.15) is 5.75 Å². The minimum Gasteiger partial charge on any atom is -0.492 e. The smallest absolute Gasteiger partial charge is 0.131 e. The molecular formula is C10H10ClNO2. The summed E-state index contributed by atoms with van der Waals surface area (Å²) < 4.78 is 5.49. The molecule has 1 aliphatic rings. The molecule has 1 aromatic carbocycles. The van der Waals surface area contributed by atoms with Crippen LogP contribution in [0, 0.1) is 6.92 Å². The number of halogens is 1. The summed E-state index contributed by atoms with van der Waals surface area (Å²) in [5, 5.41) is 12.7. The first-order chi connectivity index (χ1) is 6.72. The summed E-state index contributed by atoms with van der Waals surface area (Å²) in [4.78, 5) is 0. The number of hydrogen-bond acceptors (Lipinski definition) is 3. The van der Waals surface area contributed by atoms with Gasteiger partial charge in [-0.3, -0.25) is 0 Å². The van der Waals surface area contributed by atoms with E-state index in [1.54, 1.807) is 6.07 Å². The Hall–Kier alpha value is -1.22. The van der Waals surface area contributed by atoms with E-state index < -0.39 is 0 Å². The van der Waals surface area contributed by atoms with E-state index in [1.165, 1.54) is 0 Å². The quantitative estimate of drug-likeness (QED) is 0.530. The van der Waals surface area contributed by atoms with Crippen molar-refractivity contribution in [1.29, 1.82) is 0 Å². The van der Waals surface area contributed by atoms with Crippen LogP contribution in [0.15, 0.2) is 17.3 Å². The van der Waals surface area contributed by atoms with Crippen LogP contribution in [0.5, 0.6) is 5.75 Å². The summed E-state index contributed by atoms with van der Waals surface area (Å²) in [6.45, 7) is 2.47. The molecule has 0 radical (unpaired) electrons. The zero-order valence-corrected chi connectivity index (χ0v) is 8.51. The van der Waals surface area contributed by atoms with Crippen LogP contribution in [0.25, 0.3) is 0 Å². The summed E-state index contributed by atoms with van der Waals surface area (Å²) in [6, 6.07) is 3.60. The van der Waals surface area contributed by atoms with E-state index in [1.807, 2.05) is 13.0 Å². The maximum absolute atomic E-state index is 8.81. The summed E-state index contributed by atoms with van der Waals surface area (Å²) in [6.07, 6.45) is 0.614. The molecule has 0 fully saturated rings. The number of aryl methyl sites for hydroxylation is 1. The van der Waals surface area contributed by atoms with Crippen molar-refractivity contribution < 1.29 is 9.94 Å². The lowest BCUT2D eigenvalue weighted by Crippen LogP contribution is -2.17. The average molecular weight is 212 g/mol. The van der Waals surface area contributed by atoms with Crippen LogP contribution in [-0.2, 0) is 0 Å². The molecule has 3 nitrogen and oxygen atoms in total. The number of rotatable bonds is 0. The fourth-order valence-electron chi connectivity index (χ4n) is 1.62. The molecule has 1 aliphatic heterocycles. The van der Waals surface area contributed by atoms with E-state index in [2.05, 4.69) is 5.16 Å². The maximum Gasteiger partial charge on any atom is 0.131 e. The molecule has 0 amide bonds. The molecule has 0 aromatic heterocycles. The molecule has 0 unspecified atom stereocenters. The van der Waals surface area contributed by atoms with Crippen LogP contribution in [0.2, 0.25) is 5.02 Å². The third-order valence-electron chi connectivity index (χ3n) is 2.26. The molecule has 4 heteroatoms. The Morgan fingerprint density at radius 1 is 1.50 bits per heavy atom. The van der Waals surface area contributed by atoms with Gasteiger partial charge in [0.05, 0.1) is 12.3 Å². The SMILES string of the molecule is Cc1cc(Cl)cc2c1OCC/C2=N\O.